The van der Waals surface area contributed by atoms with Crippen LogP contribution in [0.4, 0.5) is 17.6 Å². The summed E-state index contributed by atoms with van der Waals surface area (Å²) in [6.45, 7) is 0. The zero-order chi connectivity index (χ0) is 11.7. The Balaban J connectivity index is 2.31. The van der Waals surface area contributed by atoms with Crippen molar-refractivity contribution in [2.24, 2.45) is 0 Å². The van der Waals surface area contributed by atoms with E-state index in [9.17, 15) is 0 Å². The summed E-state index contributed by atoms with van der Waals surface area (Å²) in [5.41, 5.74) is 5.93. The highest BCUT2D eigenvalue weighted by molar-refractivity contribution is 6.44. The van der Waals surface area contributed by atoms with Crippen LogP contribution in [0.5, 0.6) is 0 Å². The van der Waals surface area contributed by atoms with Crippen molar-refractivity contribution < 1.29 is 0 Å². The van der Waals surface area contributed by atoms with Gasteiger partial charge in [0.1, 0.15) is 0 Å². The summed E-state index contributed by atoms with van der Waals surface area (Å²) in [5.74, 6) is 0.511. The molecule has 0 unspecified atom stereocenters. The predicted octanol–water partition coefficient (Wildman–Crippen LogP) is 3.09. The molecule has 0 atom stereocenters. The lowest BCUT2D eigenvalue weighted by Crippen LogP contribution is -1.94. The molecule has 0 bridgehead atoms. The lowest BCUT2D eigenvalue weighted by Gasteiger charge is -2.06. The molecule has 0 fully saturated rings. The molecule has 2 rings (SSSR count). The molecular weight excluding hydrogens is 272 g/mol. The second-order valence-corrected chi connectivity index (χ2v) is 4.14. The standard InChI is InChI=1S/C8H6Cl3N5/c9-3-1-5(11)6(2-4(3)10)13-8-14-7(12)15-16-8/h1-2H,(H4,12,13,14,15,16). The van der Waals surface area contributed by atoms with Gasteiger partial charge in [-0.15, -0.1) is 5.10 Å². The van der Waals surface area contributed by atoms with Crippen molar-refractivity contribution in [2.75, 3.05) is 11.1 Å². The Labute approximate surface area is 106 Å². The Morgan fingerprint density at radius 1 is 1.12 bits per heavy atom. The largest absolute Gasteiger partial charge is 0.368 e. The van der Waals surface area contributed by atoms with Crippen LogP contribution in [0, 0.1) is 0 Å². The minimum absolute atomic E-state index is 0.207. The number of rotatable bonds is 2. The number of H-pyrrole nitrogens is 1. The topological polar surface area (TPSA) is 79.6 Å². The summed E-state index contributed by atoms with van der Waals surface area (Å²) in [5, 5.41) is 10.3. The van der Waals surface area contributed by atoms with Gasteiger partial charge in [0.2, 0.25) is 11.9 Å². The number of nitrogens with zero attached hydrogens (tertiary/aromatic N) is 2. The Hall–Kier alpha value is -1.17. The highest BCUT2D eigenvalue weighted by Gasteiger charge is 2.08. The molecule has 1 aromatic heterocycles. The average Bonchev–Trinajstić information content (AvgIpc) is 2.60. The molecule has 0 amide bonds. The third kappa shape index (κ3) is 2.32. The van der Waals surface area contributed by atoms with Crippen molar-refractivity contribution in [3.63, 3.8) is 0 Å². The van der Waals surface area contributed by atoms with Crippen molar-refractivity contribution in [2.45, 2.75) is 0 Å². The van der Waals surface area contributed by atoms with Crippen LogP contribution in [0.15, 0.2) is 12.1 Å². The van der Waals surface area contributed by atoms with E-state index in [-0.39, 0.29) is 5.95 Å². The maximum Gasteiger partial charge on any atom is 0.248 e. The molecule has 4 N–H and O–H groups in total. The van der Waals surface area contributed by atoms with E-state index in [1.165, 1.54) is 6.07 Å². The van der Waals surface area contributed by atoms with Gasteiger partial charge in [-0.25, -0.2) is 5.10 Å². The number of benzene rings is 1. The van der Waals surface area contributed by atoms with E-state index in [0.717, 1.165) is 0 Å². The molecule has 84 valence electrons. The maximum absolute atomic E-state index is 5.96. The molecule has 0 spiro atoms. The fourth-order valence-corrected chi connectivity index (χ4v) is 1.66. The van der Waals surface area contributed by atoms with Crippen molar-refractivity contribution in [1.29, 1.82) is 0 Å². The van der Waals surface area contributed by atoms with Crippen LogP contribution >= 0.6 is 34.8 Å². The van der Waals surface area contributed by atoms with Crippen LogP contribution in [0.1, 0.15) is 0 Å². The minimum Gasteiger partial charge on any atom is -0.368 e. The molecule has 0 saturated heterocycles. The van der Waals surface area contributed by atoms with Gasteiger partial charge in [-0.2, -0.15) is 4.98 Å². The van der Waals surface area contributed by atoms with Crippen LogP contribution < -0.4 is 11.1 Å². The first-order chi connectivity index (χ1) is 7.56. The Morgan fingerprint density at radius 2 is 1.81 bits per heavy atom. The molecule has 0 aliphatic heterocycles. The van der Waals surface area contributed by atoms with Gasteiger partial charge < -0.3 is 11.1 Å². The lowest BCUT2D eigenvalue weighted by molar-refractivity contribution is 1.10. The first-order valence-corrected chi connectivity index (χ1v) is 5.29. The molecule has 1 aromatic carbocycles. The fourth-order valence-electron chi connectivity index (χ4n) is 1.07. The van der Waals surface area contributed by atoms with Crippen molar-refractivity contribution >= 4 is 52.4 Å². The van der Waals surface area contributed by atoms with Gasteiger partial charge in [-0.1, -0.05) is 34.8 Å². The van der Waals surface area contributed by atoms with Gasteiger partial charge in [0.05, 0.1) is 20.8 Å². The van der Waals surface area contributed by atoms with Gasteiger partial charge in [-0.3, -0.25) is 0 Å². The van der Waals surface area contributed by atoms with Gasteiger partial charge in [0.15, 0.2) is 0 Å². The minimum atomic E-state index is 0.207. The molecule has 8 heteroatoms. The van der Waals surface area contributed by atoms with Gasteiger partial charge in [0, 0.05) is 0 Å². The first-order valence-electron chi connectivity index (χ1n) is 4.15. The first kappa shape index (κ1) is 11.3. The van der Waals surface area contributed by atoms with E-state index in [1.54, 1.807) is 6.07 Å². The van der Waals surface area contributed by atoms with Crippen LogP contribution in [-0.4, -0.2) is 15.2 Å². The van der Waals surface area contributed by atoms with E-state index >= 15 is 0 Å². The third-order valence-corrected chi connectivity index (χ3v) is 2.79. The third-order valence-electron chi connectivity index (χ3n) is 1.76. The van der Waals surface area contributed by atoms with Crippen molar-refractivity contribution in [3.8, 4) is 0 Å². The highest BCUT2D eigenvalue weighted by atomic mass is 35.5. The van der Waals surface area contributed by atoms with Crippen LogP contribution in [0.3, 0.4) is 0 Å². The van der Waals surface area contributed by atoms with Crippen molar-refractivity contribution in [3.05, 3.63) is 27.2 Å². The molecule has 0 radical (unpaired) electrons. The molecule has 0 aliphatic rings. The number of nitrogens with one attached hydrogen (secondary N) is 2. The molecule has 0 aliphatic carbocycles. The monoisotopic (exact) mass is 277 g/mol. The quantitative estimate of drug-likeness (QED) is 0.738. The molecule has 16 heavy (non-hydrogen) atoms. The summed E-state index contributed by atoms with van der Waals surface area (Å²) in [6.07, 6.45) is 0. The number of halogens is 3. The summed E-state index contributed by atoms with van der Waals surface area (Å²) in [4.78, 5) is 3.86. The normalized spacial score (nSPS) is 10.4. The molecule has 5 nitrogen and oxygen atoms in total. The highest BCUT2D eigenvalue weighted by Crippen LogP contribution is 2.33. The summed E-state index contributed by atoms with van der Waals surface area (Å²) < 4.78 is 0. The van der Waals surface area contributed by atoms with Gasteiger partial charge in [0.25, 0.3) is 0 Å². The van der Waals surface area contributed by atoms with Crippen LogP contribution in [0.2, 0.25) is 15.1 Å². The second kappa shape index (κ2) is 4.37. The van der Waals surface area contributed by atoms with E-state index in [0.29, 0.717) is 26.7 Å². The fraction of sp³-hybridized carbons (Fsp3) is 0. The number of hydrogen-bond donors (Lipinski definition) is 3. The molecule has 2 aromatic rings. The Morgan fingerprint density at radius 3 is 2.44 bits per heavy atom. The van der Waals surface area contributed by atoms with Gasteiger partial charge >= 0.3 is 0 Å². The molecule has 0 saturated carbocycles. The summed E-state index contributed by atoms with van der Waals surface area (Å²) in [7, 11) is 0. The van der Waals surface area contributed by atoms with Crippen molar-refractivity contribution in [1.82, 2.24) is 15.2 Å². The SMILES string of the molecule is Nc1nc(Nc2cc(Cl)c(Cl)cc2Cl)n[nH]1. The molecular formula is C8H6Cl3N5. The van der Waals surface area contributed by atoms with E-state index in [1.807, 2.05) is 0 Å². The van der Waals surface area contributed by atoms with Gasteiger partial charge in [-0.05, 0) is 12.1 Å². The van der Waals surface area contributed by atoms with Crippen LogP contribution in [0.25, 0.3) is 0 Å². The number of nitrogens with two attached hydrogens (primary N) is 1. The lowest BCUT2D eigenvalue weighted by atomic mass is 10.3. The molecule has 1 heterocycles. The summed E-state index contributed by atoms with van der Waals surface area (Å²) in [6, 6.07) is 3.11. The number of aromatic amines is 1. The predicted molar refractivity (Wildman–Crippen MR) is 65.5 cm³/mol. The van der Waals surface area contributed by atoms with Crippen LogP contribution in [-0.2, 0) is 0 Å². The number of nitrogen functional groups attached to an aromatic ring is 1. The second-order valence-electron chi connectivity index (χ2n) is 2.92. The summed E-state index contributed by atoms with van der Waals surface area (Å²) >= 11 is 17.6. The Kier molecular flexibility index (Phi) is 3.09. The number of hydrogen-bond acceptors (Lipinski definition) is 4. The zero-order valence-electron chi connectivity index (χ0n) is 7.76. The smallest absolute Gasteiger partial charge is 0.248 e. The Bertz CT molecular complexity index is 524. The van der Waals surface area contributed by atoms with E-state index in [2.05, 4.69) is 20.5 Å². The zero-order valence-corrected chi connectivity index (χ0v) is 10.0. The number of aromatic nitrogens is 3. The average molecular weight is 279 g/mol. The van der Waals surface area contributed by atoms with E-state index < -0.39 is 0 Å². The number of anilines is 3. The maximum atomic E-state index is 5.96. The van der Waals surface area contributed by atoms with E-state index in [4.69, 9.17) is 40.5 Å².